The molecular weight excluding hydrogens is 340 g/mol. The number of likely N-dealkylation sites (N-methyl/N-ethyl adjacent to an activating group) is 1. The molecule has 0 spiro atoms. The van der Waals surface area contributed by atoms with Gasteiger partial charge in [0, 0.05) is 15.7 Å². The summed E-state index contributed by atoms with van der Waals surface area (Å²) in [4.78, 5) is 4.44. The van der Waals surface area contributed by atoms with Crippen LogP contribution in [0.5, 0.6) is 5.75 Å². The Morgan fingerprint density at radius 3 is 2.75 bits per heavy atom. The Balaban J connectivity index is 2.26. The fraction of sp³-hybridized carbons (Fsp3) is 0.267. The van der Waals surface area contributed by atoms with E-state index in [9.17, 15) is 0 Å². The second-order valence-electron chi connectivity index (χ2n) is 4.40. The smallest absolute Gasteiger partial charge is 0.122 e. The predicted molar refractivity (Wildman–Crippen MR) is 85.4 cm³/mol. The molecule has 1 heterocycles. The number of benzene rings is 1. The fourth-order valence-electron chi connectivity index (χ4n) is 2.07. The van der Waals surface area contributed by atoms with Gasteiger partial charge in [0.2, 0.25) is 0 Å². The lowest BCUT2D eigenvalue weighted by Crippen LogP contribution is -2.20. The molecule has 1 atom stereocenters. The van der Waals surface area contributed by atoms with Gasteiger partial charge in [-0.05, 0) is 65.3 Å². The highest BCUT2D eigenvalue weighted by Crippen LogP contribution is 2.27. The minimum Gasteiger partial charge on any atom is -0.496 e. The largest absolute Gasteiger partial charge is 0.496 e. The van der Waals surface area contributed by atoms with Crippen molar-refractivity contribution < 1.29 is 4.74 Å². The fourth-order valence-corrected chi connectivity index (χ4v) is 2.50. The Bertz CT molecular complexity index is 575. The van der Waals surface area contributed by atoms with Crippen molar-refractivity contribution in [3.8, 4) is 5.75 Å². The lowest BCUT2D eigenvalue weighted by atomic mass is 10.0. The maximum absolute atomic E-state index is 6.07. The quantitative estimate of drug-likeness (QED) is 0.880. The Labute approximate surface area is 132 Å². The normalized spacial score (nSPS) is 12.2. The van der Waals surface area contributed by atoms with Crippen LogP contribution in [0, 0.1) is 0 Å². The molecule has 2 aromatic rings. The summed E-state index contributed by atoms with van der Waals surface area (Å²) in [5.74, 6) is 0.840. The van der Waals surface area contributed by atoms with Crippen molar-refractivity contribution in [1.82, 2.24) is 10.3 Å². The summed E-state index contributed by atoms with van der Waals surface area (Å²) in [6.45, 7) is 0. The van der Waals surface area contributed by atoms with E-state index in [4.69, 9.17) is 16.3 Å². The maximum Gasteiger partial charge on any atom is 0.122 e. The monoisotopic (exact) mass is 354 g/mol. The van der Waals surface area contributed by atoms with E-state index in [2.05, 4.69) is 26.2 Å². The van der Waals surface area contributed by atoms with Gasteiger partial charge in [0.25, 0.3) is 0 Å². The predicted octanol–water partition coefficient (Wildman–Crippen LogP) is 4.01. The molecule has 3 nitrogen and oxygen atoms in total. The lowest BCUT2D eigenvalue weighted by Gasteiger charge is -2.17. The summed E-state index contributed by atoms with van der Waals surface area (Å²) in [6.07, 6.45) is 2.56. The molecular formula is C15H16BrClN2O. The molecule has 0 aliphatic carbocycles. The molecule has 20 heavy (non-hydrogen) atoms. The van der Waals surface area contributed by atoms with Crippen molar-refractivity contribution in [2.24, 2.45) is 0 Å². The van der Waals surface area contributed by atoms with Crippen LogP contribution in [-0.4, -0.2) is 19.1 Å². The van der Waals surface area contributed by atoms with Gasteiger partial charge in [-0.1, -0.05) is 11.6 Å². The van der Waals surface area contributed by atoms with E-state index in [1.54, 1.807) is 13.3 Å². The van der Waals surface area contributed by atoms with Gasteiger partial charge >= 0.3 is 0 Å². The first kappa shape index (κ1) is 15.3. The molecule has 5 heteroatoms. The van der Waals surface area contributed by atoms with Gasteiger partial charge in [0.05, 0.1) is 18.8 Å². The van der Waals surface area contributed by atoms with Gasteiger partial charge in [0.1, 0.15) is 5.75 Å². The number of nitrogens with zero attached hydrogens (tertiary/aromatic N) is 1. The van der Waals surface area contributed by atoms with Crippen molar-refractivity contribution in [2.45, 2.75) is 12.5 Å². The van der Waals surface area contributed by atoms with Crippen LogP contribution >= 0.6 is 27.5 Å². The zero-order valence-electron chi connectivity index (χ0n) is 11.4. The third kappa shape index (κ3) is 3.72. The Hall–Kier alpha value is -1.10. The summed E-state index contributed by atoms with van der Waals surface area (Å²) in [6, 6.07) is 9.75. The molecule has 0 aliphatic heterocycles. The average Bonchev–Trinajstić information content (AvgIpc) is 2.46. The Kier molecular flexibility index (Phi) is 5.40. The van der Waals surface area contributed by atoms with Crippen LogP contribution in [0.4, 0.5) is 0 Å². The maximum atomic E-state index is 6.07. The summed E-state index contributed by atoms with van der Waals surface area (Å²) < 4.78 is 6.36. The minimum atomic E-state index is 0.107. The SMILES string of the molecule is CNC(Cc1cc(Cl)ccc1OC)c1ccc(Br)cn1. The van der Waals surface area contributed by atoms with E-state index in [1.165, 1.54) is 0 Å². The minimum absolute atomic E-state index is 0.107. The molecule has 0 saturated heterocycles. The molecule has 0 saturated carbocycles. The van der Waals surface area contributed by atoms with Gasteiger partial charge in [-0.25, -0.2) is 0 Å². The van der Waals surface area contributed by atoms with Crippen molar-refractivity contribution in [1.29, 1.82) is 0 Å². The van der Waals surface area contributed by atoms with E-state index in [0.29, 0.717) is 5.02 Å². The van der Waals surface area contributed by atoms with E-state index in [1.807, 2.05) is 37.4 Å². The summed E-state index contributed by atoms with van der Waals surface area (Å²) in [7, 11) is 3.59. The molecule has 0 fully saturated rings. The molecule has 1 N–H and O–H groups in total. The van der Waals surface area contributed by atoms with Crippen LogP contribution in [0.1, 0.15) is 17.3 Å². The third-order valence-electron chi connectivity index (χ3n) is 3.12. The van der Waals surface area contributed by atoms with Gasteiger partial charge in [-0.15, -0.1) is 0 Å². The van der Waals surface area contributed by atoms with Gasteiger partial charge < -0.3 is 10.1 Å². The molecule has 1 unspecified atom stereocenters. The topological polar surface area (TPSA) is 34.1 Å². The molecule has 0 amide bonds. The molecule has 0 bridgehead atoms. The molecule has 1 aromatic carbocycles. The first-order valence-corrected chi connectivity index (χ1v) is 7.42. The Morgan fingerprint density at radius 1 is 1.35 bits per heavy atom. The third-order valence-corrected chi connectivity index (χ3v) is 3.83. The van der Waals surface area contributed by atoms with Crippen molar-refractivity contribution in [3.05, 3.63) is 57.3 Å². The van der Waals surface area contributed by atoms with E-state index < -0.39 is 0 Å². The summed E-state index contributed by atoms with van der Waals surface area (Å²) in [5.41, 5.74) is 2.04. The summed E-state index contributed by atoms with van der Waals surface area (Å²) >= 11 is 9.46. The van der Waals surface area contributed by atoms with Gasteiger partial charge in [-0.3, -0.25) is 4.98 Å². The number of halogens is 2. The van der Waals surface area contributed by atoms with E-state index in [0.717, 1.165) is 27.9 Å². The number of aromatic nitrogens is 1. The van der Waals surface area contributed by atoms with Crippen LogP contribution in [0.25, 0.3) is 0 Å². The van der Waals surface area contributed by atoms with Gasteiger partial charge in [-0.2, -0.15) is 0 Å². The van der Waals surface area contributed by atoms with Crippen LogP contribution in [0.15, 0.2) is 41.0 Å². The van der Waals surface area contributed by atoms with Crippen LogP contribution in [0.3, 0.4) is 0 Å². The summed E-state index contributed by atoms with van der Waals surface area (Å²) in [5, 5.41) is 3.99. The van der Waals surface area contributed by atoms with Crippen molar-refractivity contribution in [3.63, 3.8) is 0 Å². The average molecular weight is 356 g/mol. The second-order valence-corrected chi connectivity index (χ2v) is 5.75. The first-order valence-electron chi connectivity index (χ1n) is 6.25. The lowest BCUT2D eigenvalue weighted by molar-refractivity contribution is 0.406. The van der Waals surface area contributed by atoms with Crippen LogP contribution in [0.2, 0.25) is 5.02 Å². The molecule has 1 aromatic heterocycles. The van der Waals surface area contributed by atoms with E-state index >= 15 is 0 Å². The standard InChI is InChI=1S/C15H16BrClN2O/c1-18-14(13-5-3-11(16)9-19-13)8-10-7-12(17)4-6-15(10)20-2/h3-7,9,14,18H,8H2,1-2H3. The molecule has 0 aliphatic rings. The number of nitrogens with one attached hydrogen (secondary N) is 1. The zero-order chi connectivity index (χ0) is 14.5. The van der Waals surface area contributed by atoms with Crippen molar-refractivity contribution in [2.75, 3.05) is 14.2 Å². The van der Waals surface area contributed by atoms with Crippen molar-refractivity contribution >= 4 is 27.5 Å². The van der Waals surface area contributed by atoms with Crippen LogP contribution in [-0.2, 0) is 6.42 Å². The molecule has 0 radical (unpaired) electrons. The number of ether oxygens (including phenoxy) is 1. The number of rotatable bonds is 5. The number of hydrogen-bond donors (Lipinski definition) is 1. The highest BCUT2D eigenvalue weighted by molar-refractivity contribution is 9.10. The number of pyridine rings is 1. The van der Waals surface area contributed by atoms with Crippen LogP contribution < -0.4 is 10.1 Å². The molecule has 106 valence electrons. The van der Waals surface area contributed by atoms with Gasteiger partial charge in [0.15, 0.2) is 0 Å². The highest BCUT2D eigenvalue weighted by Gasteiger charge is 2.14. The zero-order valence-corrected chi connectivity index (χ0v) is 13.7. The highest BCUT2D eigenvalue weighted by atomic mass is 79.9. The number of methoxy groups -OCH3 is 1. The van der Waals surface area contributed by atoms with E-state index in [-0.39, 0.29) is 6.04 Å². The first-order chi connectivity index (χ1) is 9.63. The number of hydrogen-bond acceptors (Lipinski definition) is 3. The Morgan fingerprint density at radius 2 is 2.15 bits per heavy atom. The second kappa shape index (κ2) is 7.07. The molecule has 2 rings (SSSR count).